The minimum absolute atomic E-state index is 0.0656. The highest BCUT2D eigenvalue weighted by atomic mass is 32.2. The lowest BCUT2D eigenvalue weighted by molar-refractivity contribution is 0.514. The highest BCUT2D eigenvalue weighted by Crippen LogP contribution is 2.19. The van der Waals surface area contributed by atoms with Crippen LogP contribution in [0.5, 0.6) is 0 Å². The van der Waals surface area contributed by atoms with E-state index in [1.165, 1.54) is 18.4 Å². The molecule has 0 saturated carbocycles. The molecule has 0 saturated heterocycles. The third-order valence-electron chi connectivity index (χ3n) is 2.77. The standard InChI is InChI=1S/C12H20N2O2S/c1-9-5-6-11(10(2)7-9)12(13)8-17(15,16)14(3)4/h5-7,12H,8,13H2,1-4H3. The van der Waals surface area contributed by atoms with E-state index in [9.17, 15) is 8.42 Å². The van der Waals surface area contributed by atoms with Gasteiger partial charge in [0.2, 0.25) is 10.0 Å². The summed E-state index contributed by atoms with van der Waals surface area (Å²) >= 11 is 0. The molecule has 2 N–H and O–H groups in total. The molecule has 0 radical (unpaired) electrons. The first-order valence-electron chi connectivity index (χ1n) is 5.47. The van der Waals surface area contributed by atoms with Gasteiger partial charge in [0, 0.05) is 20.1 Å². The van der Waals surface area contributed by atoms with Crippen LogP contribution in [0.3, 0.4) is 0 Å². The van der Waals surface area contributed by atoms with Crippen LogP contribution in [0.4, 0.5) is 0 Å². The molecule has 1 aromatic rings. The zero-order valence-electron chi connectivity index (χ0n) is 10.8. The Morgan fingerprint density at radius 1 is 1.29 bits per heavy atom. The van der Waals surface area contributed by atoms with Crippen LogP contribution in [-0.2, 0) is 10.0 Å². The SMILES string of the molecule is Cc1ccc(C(N)CS(=O)(=O)N(C)C)c(C)c1. The van der Waals surface area contributed by atoms with Gasteiger partial charge in [-0.05, 0) is 25.0 Å². The number of hydrogen-bond acceptors (Lipinski definition) is 3. The minimum Gasteiger partial charge on any atom is -0.323 e. The summed E-state index contributed by atoms with van der Waals surface area (Å²) in [7, 11) is -0.228. The fraction of sp³-hybridized carbons (Fsp3) is 0.500. The Hall–Kier alpha value is -0.910. The molecule has 0 aliphatic rings. The second-order valence-electron chi connectivity index (χ2n) is 4.53. The van der Waals surface area contributed by atoms with E-state index < -0.39 is 16.1 Å². The normalized spacial score (nSPS) is 14.0. The Morgan fingerprint density at radius 2 is 1.88 bits per heavy atom. The molecular weight excluding hydrogens is 236 g/mol. The van der Waals surface area contributed by atoms with Gasteiger partial charge in [-0.3, -0.25) is 0 Å². The first-order valence-corrected chi connectivity index (χ1v) is 7.08. The summed E-state index contributed by atoms with van der Waals surface area (Å²) in [6.07, 6.45) is 0. The molecule has 1 atom stereocenters. The molecule has 4 nitrogen and oxygen atoms in total. The van der Waals surface area contributed by atoms with E-state index in [1.54, 1.807) is 0 Å². The first-order chi connectivity index (χ1) is 7.74. The van der Waals surface area contributed by atoms with Gasteiger partial charge in [-0.2, -0.15) is 0 Å². The number of sulfonamides is 1. The summed E-state index contributed by atoms with van der Waals surface area (Å²) in [6.45, 7) is 3.95. The molecule has 0 heterocycles. The molecule has 0 spiro atoms. The lowest BCUT2D eigenvalue weighted by Gasteiger charge is -2.18. The van der Waals surface area contributed by atoms with Gasteiger partial charge in [0.15, 0.2) is 0 Å². The van der Waals surface area contributed by atoms with Crippen LogP contribution >= 0.6 is 0 Å². The number of aryl methyl sites for hydroxylation is 2. The number of rotatable bonds is 4. The number of hydrogen-bond donors (Lipinski definition) is 1. The predicted octanol–water partition coefficient (Wildman–Crippen LogP) is 1.19. The minimum atomic E-state index is -3.26. The zero-order chi connectivity index (χ0) is 13.2. The lowest BCUT2D eigenvalue weighted by atomic mass is 10.0. The van der Waals surface area contributed by atoms with Crippen molar-refractivity contribution in [1.29, 1.82) is 0 Å². The van der Waals surface area contributed by atoms with E-state index in [2.05, 4.69) is 0 Å². The van der Waals surface area contributed by atoms with Gasteiger partial charge in [-0.15, -0.1) is 0 Å². The average Bonchev–Trinajstić information content (AvgIpc) is 2.15. The fourth-order valence-electron chi connectivity index (χ4n) is 1.71. The van der Waals surface area contributed by atoms with E-state index in [0.717, 1.165) is 16.7 Å². The quantitative estimate of drug-likeness (QED) is 0.880. The molecule has 0 bridgehead atoms. The van der Waals surface area contributed by atoms with Crippen LogP contribution in [0.1, 0.15) is 22.7 Å². The third-order valence-corrected chi connectivity index (χ3v) is 4.66. The van der Waals surface area contributed by atoms with E-state index in [-0.39, 0.29) is 5.75 Å². The highest BCUT2D eigenvalue weighted by Gasteiger charge is 2.20. The van der Waals surface area contributed by atoms with Crippen molar-refractivity contribution in [3.05, 3.63) is 34.9 Å². The monoisotopic (exact) mass is 256 g/mol. The van der Waals surface area contributed by atoms with Gasteiger partial charge in [-0.1, -0.05) is 23.8 Å². The number of nitrogens with zero attached hydrogens (tertiary/aromatic N) is 1. The summed E-state index contributed by atoms with van der Waals surface area (Å²) in [6, 6.07) is 5.38. The third kappa shape index (κ3) is 3.52. The van der Waals surface area contributed by atoms with Gasteiger partial charge in [0.25, 0.3) is 0 Å². The highest BCUT2D eigenvalue weighted by molar-refractivity contribution is 7.89. The molecule has 0 aromatic heterocycles. The van der Waals surface area contributed by atoms with Gasteiger partial charge in [-0.25, -0.2) is 12.7 Å². The summed E-state index contributed by atoms with van der Waals surface area (Å²) < 4.78 is 24.7. The summed E-state index contributed by atoms with van der Waals surface area (Å²) in [5.74, 6) is -0.0656. The maximum atomic E-state index is 11.7. The van der Waals surface area contributed by atoms with Crippen LogP contribution in [0.2, 0.25) is 0 Å². The van der Waals surface area contributed by atoms with Crippen LogP contribution in [0.15, 0.2) is 18.2 Å². The van der Waals surface area contributed by atoms with Crippen molar-refractivity contribution in [2.45, 2.75) is 19.9 Å². The lowest BCUT2D eigenvalue weighted by Crippen LogP contribution is -2.31. The topological polar surface area (TPSA) is 63.4 Å². The van der Waals surface area contributed by atoms with Crippen LogP contribution in [0, 0.1) is 13.8 Å². The largest absolute Gasteiger partial charge is 0.323 e. The average molecular weight is 256 g/mol. The fourth-order valence-corrected chi connectivity index (χ4v) is 2.64. The molecular formula is C12H20N2O2S. The zero-order valence-corrected chi connectivity index (χ0v) is 11.6. The molecule has 1 rings (SSSR count). The van der Waals surface area contributed by atoms with E-state index in [1.807, 2.05) is 32.0 Å². The summed E-state index contributed by atoms with van der Waals surface area (Å²) in [5, 5.41) is 0. The van der Waals surface area contributed by atoms with Crippen LogP contribution in [0.25, 0.3) is 0 Å². The molecule has 1 aromatic carbocycles. The molecule has 1 unspecified atom stereocenters. The summed E-state index contributed by atoms with van der Waals surface area (Å²) in [4.78, 5) is 0. The number of nitrogens with two attached hydrogens (primary N) is 1. The molecule has 17 heavy (non-hydrogen) atoms. The van der Waals surface area contributed by atoms with E-state index in [0.29, 0.717) is 0 Å². The smallest absolute Gasteiger partial charge is 0.215 e. The van der Waals surface area contributed by atoms with Crippen molar-refractivity contribution in [2.24, 2.45) is 5.73 Å². The van der Waals surface area contributed by atoms with Crippen molar-refractivity contribution >= 4 is 10.0 Å². The van der Waals surface area contributed by atoms with Crippen molar-refractivity contribution < 1.29 is 8.42 Å². The molecule has 0 fully saturated rings. The van der Waals surface area contributed by atoms with Crippen LogP contribution < -0.4 is 5.73 Å². The maximum Gasteiger partial charge on any atom is 0.215 e. The Labute approximate surface area is 103 Å². The maximum absolute atomic E-state index is 11.7. The Balaban J connectivity index is 2.95. The Bertz CT molecular complexity index is 495. The van der Waals surface area contributed by atoms with Crippen molar-refractivity contribution in [3.8, 4) is 0 Å². The molecule has 5 heteroatoms. The van der Waals surface area contributed by atoms with E-state index >= 15 is 0 Å². The molecule has 96 valence electrons. The van der Waals surface area contributed by atoms with Crippen molar-refractivity contribution in [3.63, 3.8) is 0 Å². The van der Waals surface area contributed by atoms with Gasteiger partial charge < -0.3 is 5.73 Å². The Kier molecular flexibility index (Phi) is 4.30. The molecule has 0 amide bonds. The predicted molar refractivity (Wildman–Crippen MR) is 70.3 cm³/mol. The van der Waals surface area contributed by atoms with E-state index in [4.69, 9.17) is 5.73 Å². The van der Waals surface area contributed by atoms with Crippen molar-refractivity contribution in [1.82, 2.24) is 4.31 Å². The second-order valence-corrected chi connectivity index (χ2v) is 6.75. The van der Waals surface area contributed by atoms with Crippen molar-refractivity contribution in [2.75, 3.05) is 19.8 Å². The van der Waals surface area contributed by atoms with Gasteiger partial charge >= 0.3 is 0 Å². The first kappa shape index (κ1) is 14.2. The molecule has 0 aliphatic carbocycles. The number of benzene rings is 1. The van der Waals surface area contributed by atoms with Gasteiger partial charge in [0.05, 0.1) is 5.75 Å². The van der Waals surface area contributed by atoms with Gasteiger partial charge in [0.1, 0.15) is 0 Å². The second kappa shape index (κ2) is 5.16. The summed E-state index contributed by atoms with van der Waals surface area (Å²) in [5.41, 5.74) is 9.03. The Morgan fingerprint density at radius 3 is 2.35 bits per heavy atom. The molecule has 0 aliphatic heterocycles. The van der Waals surface area contributed by atoms with Crippen LogP contribution in [-0.4, -0.2) is 32.6 Å².